The number of imidazole rings is 1. The maximum absolute atomic E-state index is 12.3. The zero-order chi connectivity index (χ0) is 31.0. The molecule has 2 heterocycles. The lowest BCUT2D eigenvalue weighted by Crippen LogP contribution is -2.40. The van der Waals surface area contributed by atoms with Crippen molar-refractivity contribution in [2.75, 3.05) is 30.2 Å². The SMILES string of the molecule is C[C@H](Cn1cnc2c(N)ncnc21)OCP(=O)(O)OCCSCCCCCCCCCCCC[Si](C)(C)c1ccccc1. The molecule has 240 valence electrons. The fraction of sp³-hybridized carbons (Fsp3) is 0.645. The Morgan fingerprint density at radius 3 is 2.30 bits per heavy atom. The Morgan fingerprint density at radius 2 is 1.60 bits per heavy atom. The number of nitrogens with two attached hydrogens (primary N) is 1. The van der Waals surface area contributed by atoms with Crippen LogP contribution in [0.3, 0.4) is 0 Å². The number of nitrogens with zero attached hydrogens (tertiary/aromatic N) is 4. The molecule has 2 aromatic heterocycles. The average molecular weight is 650 g/mol. The largest absolute Gasteiger partial charge is 0.382 e. The molecule has 0 fully saturated rings. The minimum Gasteiger partial charge on any atom is -0.382 e. The zero-order valence-electron chi connectivity index (χ0n) is 26.3. The average Bonchev–Trinajstić information content (AvgIpc) is 3.40. The fourth-order valence-electron chi connectivity index (χ4n) is 5.18. The number of unbranched alkanes of at least 4 members (excludes halogenated alkanes) is 9. The number of thioether (sulfide) groups is 1. The molecule has 0 amide bonds. The molecule has 9 nitrogen and oxygen atoms in total. The molecule has 0 saturated carbocycles. The van der Waals surface area contributed by atoms with E-state index in [1.807, 2.05) is 6.92 Å². The van der Waals surface area contributed by atoms with E-state index in [1.165, 1.54) is 76.6 Å². The number of anilines is 1. The molecule has 0 radical (unpaired) electrons. The summed E-state index contributed by atoms with van der Waals surface area (Å²) in [5.41, 5.74) is 6.95. The first kappa shape index (κ1) is 35.7. The number of nitrogen functional groups attached to an aromatic ring is 1. The van der Waals surface area contributed by atoms with Crippen LogP contribution in [0, 0.1) is 0 Å². The smallest absolute Gasteiger partial charge is 0.353 e. The molecule has 0 saturated heterocycles. The highest BCUT2D eigenvalue weighted by molar-refractivity contribution is 7.99. The lowest BCUT2D eigenvalue weighted by molar-refractivity contribution is 0.0724. The second kappa shape index (κ2) is 18.9. The first-order chi connectivity index (χ1) is 20.7. The number of ether oxygens (including phenoxy) is 1. The summed E-state index contributed by atoms with van der Waals surface area (Å²) in [6.45, 7) is 7.48. The first-order valence-electron chi connectivity index (χ1n) is 15.8. The van der Waals surface area contributed by atoms with Gasteiger partial charge < -0.3 is 24.5 Å². The monoisotopic (exact) mass is 649 g/mol. The molecule has 43 heavy (non-hydrogen) atoms. The Morgan fingerprint density at radius 1 is 0.953 bits per heavy atom. The minimum absolute atomic E-state index is 0.241. The van der Waals surface area contributed by atoms with E-state index in [1.54, 1.807) is 27.8 Å². The molecule has 0 bridgehead atoms. The van der Waals surface area contributed by atoms with Gasteiger partial charge in [-0.15, -0.1) is 0 Å². The lowest BCUT2D eigenvalue weighted by atomic mass is 10.1. The van der Waals surface area contributed by atoms with Gasteiger partial charge in [0.1, 0.15) is 18.2 Å². The number of rotatable bonds is 23. The highest BCUT2D eigenvalue weighted by Crippen LogP contribution is 2.42. The highest BCUT2D eigenvalue weighted by Gasteiger charge is 2.23. The number of fused-ring (bicyclic) bond motifs is 1. The quantitative estimate of drug-likeness (QED) is 0.0622. The van der Waals surface area contributed by atoms with Crippen molar-refractivity contribution in [3.05, 3.63) is 43.0 Å². The van der Waals surface area contributed by atoms with E-state index in [0.29, 0.717) is 29.3 Å². The normalized spacial score (nSPS) is 14.2. The van der Waals surface area contributed by atoms with Crippen LogP contribution < -0.4 is 10.9 Å². The minimum atomic E-state index is -3.80. The molecule has 1 unspecified atom stereocenters. The molecule has 1 aromatic carbocycles. The summed E-state index contributed by atoms with van der Waals surface area (Å²) in [4.78, 5) is 22.5. The van der Waals surface area contributed by atoms with Crippen LogP contribution in [0.5, 0.6) is 0 Å². The predicted octanol–water partition coefficient (Wildman–Crippen LogP) is 7.22. The van der Waals surface area contributed by atoms with Gasteiger partial charge in [0, 0.05) is 5.75 Å². The second-order valence-electron chi connectivity index (χ2n) is 12.1. The van der Waals surface area contributed by atoms with E-state index in [4.69, 9.17) is 15.0 Å². The van der Waals surface area contributed by atoms with Crippen LogP contribution >= 0.6 is 19.4 Å². The van der Waals surface area contributed by atoms with Crippen LogP contribution in [0.1, 0.15) is 71.1 Å². The van der Waals surface area contributed by atoms with Gasteiger partial charge in [0.15, 0.2) is 11.5 Å². The molecular formula is C31H52N5O4PSSi. The molecule has 3 N–H and O–H groups in total. The van der Waals surface area contributed by atoms with Crippen LogP contribution in [-0.2, 0) is 20.4 Å². The van der Waals surface area contributed by atoms with Crippen LogP contribution in [0.4, 0.5) is 5.82 Å². The van der Waals surface area contributed by atoms with E-state index in [9.17, 15) is 9.46 Å². The van der Waals surface area contributed by atoms with Crippen molar-refractivity contribution >= 4 is 49.6 Å². The third-order valence-electron chi connectivity index (χ3n) is 7.82. The Bertz CT molecular complexity index is 1250. The van der Waals surface area contributed by atoms with Crippen LogP contribution in [-0.4, -0.2) is 63.1 Å². The maximum atomic E-state index is 12.3. The Hall–Kier alpha value is -1.75. The van der Waals surface area contributed by atoms with Crippen LogP contribution in [0.2, 0.25) is 19.1 Å². The number of hydrogen-bond donors (Lipinski definition) is 2. The molecular weight excluding hydrogens is 597 g/mol. The summed E-state index contributed by atoms with van der Waals surface area (Å²) < 4.78 is 25.0. The summed E-state index contributed by atoms with van der Waals surface area (Å²) >= 11 is 1.78. The van der Waals surface area contributed by atoms with Gasteiger partial charge in [-0.3, -0.25) is 4.57 Å². The number of hydrogen-bond acceptors (Lipinski definition) is 8. The number of benzene rings is 1. The van der Waals surface area contributed by atoms with Gasteiger partial charge in [-0.05, 0) is 19.1 Å². The molecule has 3 rings (SSSR count). The van der Waals surface area contributed by atoms with Crippen LogP contribution in [0.25, 0.3) is 11.2 Å². The van der Waals surface area contributed by atoms with E-state index in [0.717, 1.165) is 5.75 Å². The fourth-order valence-corrected chi connectivity index (χ4v) is 9.53. The van der Waals surface area contributed by atoms with Crippen LogP contribution in [0.15, 0.2) is 43.0 Å². The van der Waals surface area contributed by atoms with Gasteiger partial charge in [-0.1, -0.05) is 112 Å². The summed E-state index contributed by atoms with van der Waals surface area (Å²) in [6.07, 6.45) is 15.6. The molecule has 0 aliphatic rings. The van der Waals surface area contributed by atoms with Crippen molar-refractivity contribution in [2.45, 2.75) is 103 Å². The lowest BCUT2D eigenvalue weighted by Gasteiger charge is -2.22. The van der Waals surface area contributed by atoms with Crippen molar-refractivity contribution in [2.24, 2.45) is 0 Å². The predicted molar refractivity (Wildman–Crippen MR) is 183 cm³/mol. The van der Waals surface area contributed by atoms with Crippen molar-refractivity contribution in [1.82, 2.24) is 19.5 Å². The summed E-state index contributed by atoms with van der Waals surface area (Å²) in [5.74, 6) is 2.08. The molecule has 12 heteroatoms. The second-order valence-corrected chi connectivity index (χ2v) is 19.9. The van der Waals surface area contributed by atoms with Gasteiger partial charge >= 0.3 is 7.60 Å². The van der Waals surface area contributed by atoms with Gasteiger partial charge in [-0.2, -0.15) is 11.8 Å². The van der Waals surface area contributed by atoms with Gasteiger partial charge in [0.25, 0.3) is 0 Å². The van der Waals surface area contributed by atoms with Crippen molar-refractivity contribution in [3.8, 4) is 0 Å². The topological polar surface area (TPSA) is 125 Å². The molecule has 0 aliphatic carbocycles. The van der Waals surface area contributed by atoms with Gasteiger partial charge in [0.05, 0.1) is 33.7 Å². The molecule has 2 atom stereocenters. The van der Waals surface area contributed by atoms with E-state index in [2.05, 4.69) is 58.4 Å². The Balaban J connectivity index is 1.10. The number of aromatic nitrogens is 4. The van der Waals surface area contributed by atoms with E-state index < -0.39 is 15.7 Å². The molecule has 0 spiro atoms. The van der Waals surface area contributed by atoms with Gasteiger partial charge in [0.2, 0.25) is 0 Å². The van der Waals surface area contributed by atoms with Gasteiger partial charge in [-0.25, -0.2) is 15.0 Å². The van der Waals surface area contributed by atoms with Crippen molar-refractivity contribution in [1.29, 1.82) is 0 Å². The summed E-state index contributed by atoms with van der Waals surface area (Å²) in [5, 5.41) is 1.59. The molecule has 3 aromatic rings. The standard InChI is InChI=1S/C31H52N5O4PSSi/c1-27(23-36-25-35-29-30(32)33-24-34-31(29)36)39-26-41(37,38)40-19-21-42-20-15-10-8-6-4-5-7-9-11-16-22-43(2,3)28-17-13-12-14-18-28/h12-14,17-18,24-25,27H,4-11,15-16,19-23,26H2,1-3H3,(H,37,38)(H2,32,33,34)/t27-/m1/s1. The summed E-state index contributed by atoms with van der Waals surface area (Å²) in [6, 6.07) is 12.5. The third-order valence-corrected chi connectivity index (χ3v) is 13.4. The first-order valence-corrected chi connectivity index (χ1v) is 21.9. The zero-order valence-corrected chi connectivity index (χ0v) is 29.0. The van der Waals surface area contributed by atoms with E-state index in [-0.39, 0.29) is 19.1 Å². The maximum Gasteiger partial charge on any atom is 0.353 e. The Labute approximate surface area is 263 Å². The summed E-state index contributed by atoms with van der Waals surface area (Å²) in [7, 11) is -5.07. The van der Waals surface area contributed by atoms with Crippen molar-refractivity contribution < 1.29 is 18.7 Å². The Kier molecular flexibility index (Phi) is 15.7. The highest BCUT2D eigenvalue weighted by atomic mass is 32.2. The molecule has 0 aliphatic heterocycles. The van der Waals surface area contributed by atoms with Crippen molar-refractivity contribution in [3.63, 3.8) is 0 Å². The third kappa shape index (κ3) is 13.4. The van der Waals surface area contributed by atoms with E-state index >= 15 is 0 Å².